The zero-order chi connectivity index (χ0) is 29.7. The van der Waals surface area contributed by atoms with Gasteiger partial charge in [-0.2, -0.15) is 0 Å². The molecule has 2 aromatic heterocycles. The second-order valence-electron chi connectivity index (χ2n) is 11.5. The number of fused-ring (bicyclic) bond motifs is 5. The first-order valence-corrected chi connectivity index (χ1v) is 16.1. The largest absolute Gasteiger partial charge is 0.256 e. The van der Waals surface area contributed by atoms with Crippen LogP contribution in [0.4, 0.5) is 0 Å². The van der Waals surface area contributed by atoms with E-state index in [1.807, 2.05) is 17.5 Å². The minimum atomic E-state index is 0.985. The number of nitrogens with zero attached hydrogens (tertiary/aromatic N) is 1. The fourth-order valence-corrected chi connectivity index (χ4v) is 7.88. The molecule has 0 unspecified atom stereocenters. The summed E-state index contributed by atoms with van der Waals surface area (Å²) in [6, 6.07) is 56.9. The highest BCUT2D eigenvalue weighted by Crippen LogP contribution is 2.44. The predicted molar refractivity (Wildman–Crippen MR) is 194 cm³/mol. The molecule has 0 saturated carbocycles. The zero-order valence-electron chi connectivity index (χ0n) is 24.4. The lowest BCUT2D eigenvalue weighted by atomic mass is 9.87. The molecule has 9 rings (SSSR count). The minimum Gasteiger partial charge on any atom is -0.256 e. The fourth-order valence-electron chi connectivity index (χ4n) is 6.79. The number of benzene rings is 7. The predicted octanol–water partition coefficient (Wildman–Crippen LogP) is 12.4. The van der Waals surface area contributed by atoms with E-state index in [9.17, 15) is 0 Å². The van der Waals surface area contributed by atoms with Gasteiger partial charge >= 0.3 is 0 Å². The molecule has 9 aromatic rings. The van der Waals surface area contributed by atoms with E-state index >= 15 is 0 Å². The average Bonchev–Trinajstić information content (AvgIpc) is 3.49. The van der Waals surface area contributed by atoms with Crippen molar-refractivity contribution in [3.8, 4) is 44.6 Å². The van der Waals surface area contributed by atoms with Crippen molar-refractivity contribution in [1.29, 1.82) is 0 Å². The molecule has 0 aliphatic heterocycles. The van der Waals surface area contributed by atoms with Crippen LogP contribution in [0.25, 0.3) is 86.4 Å². The maximum atomic E-state index is 5.11. The molecule has 0 fully saturated rings. The third-order valence-electron chi connectivity index (χ3n) is 8.94. The Morgan fingerprint density at radius 2 is 0.844 bits per heavy atom. The topological polar surface area (TPSA) is 12.9 Å². The number of hydrogen-bond donors (Lipinski definition) is 0. The van der Waals surface area contributed by atoms with Crippen molar-refractivity contribution in [1.82, 2.24) is 4.98 Å². The van der Waals surface area contributed by atoms with Crippen LogP contribution >= 0.6 is 11.3 Å². The normalized spacial score (nSPS) is 11.6. The van der Waals surface area contributed by atoms with E-state index < -0.39 is 0 Å². The molecule has 0 spiro atoms. The van der Waals surface area contributed by atoms with E-state index in [0.29, 0.717) is 0 Å². The van der Waals surface area contributed by atoms with Crippen LogP contribution in [0.3, 0.4) is 0 Å². The van der Waals surface area contributed by atoms with Crippen LogP contribution in [-0.4, -0.2) is 4.98 Å². The van der Waals surface area contributed by atoms with Crippen molar-refractivity contribution < 1.29 is 0 Å². The Bertz CT molecular complexity index is 2450. The van der Waals surface area contributed by atoms with Gasteiger partial charge in [-0.1, -0.05) is 133 Å². The first kappa shape index (κ1) is 25.9. The first-order chi connectivity index (χ1) is 22.3. The zero-order valence-corrected chi connectivity index (χ0v) is 25.3. The fraction of sp³-hybridized carbons (Fsp3) is 0. The monoisotopic (exact) mass is 589 g/mol. The maximum Gasteiger partial charge on any atom is 0.0714 e. The maximum absolute atomic E-state index is 5.11. The van der Waals surface area contributed by atoms with E-state index in [1.165, 1.54) is 75.1 Å². The molecule has 7 aromatic carbocycles. The van der Waals surface area contributed by atoms with Gasteiger partial charge in [0.15, 0.2) is 0 Å². The number of thiophene rings is 1. The number of aromatic nitrogens is 1. The van der Waals surface area contributed by atoms with Crippen molar-refractivity contribution in [2.24, 2.45) is 0 Å². The SMILES string of the molecule is c1ccc(-c2ccc(-c3c4ccccc4c(-c4ccc(-c5ccc6sc7ccccc7c6c5)cn4)c4ccccc34)cc2)cc1. The van der Waals surface area contributed by atoms with Crippen LogP contribution in [0.15, 0.2) is 164 Å². The van der Waals surface area contributed by atoms with Gasteiger partial charge in [0, 0.05) is 37.5 Å². The van der Waals surface area contributed by atoms with Gasteiger partial charge in [-0.25, -0.2) is 0 Å². The van der Waals surface area contributed by atoms with Crippen LogP contribution in [0.1, 0.15) is 0 Å². The second-order valence-corrected chi connectivity index (χ2v) is 12.6. The highest BCUT2D eigenvalue weighted by Gasteiger charge is 2.17. The molecule has 0 aliphatic carbocycles. The van der Waals surface area contributed by atoms with Crippen LogP contribution in [0.5, 0.6) is 0 Å². The third-order valence-corrected chi connectivity index (χ3v) is 10.1. The molecular formula is C43H27NS. The summed E-state index contributed by atoms with van der Waals surface area (Å²) in [5.74, 6) is 0. The summed E-state index contributed by atoms with van der Waals surface area (Å²) in [5.41, 5.74) is 9.41. The standard InChI is InChI=1S/C43H27NS/c1-2-10-28(11-3-1)29-18-20-30(21-19-29)42-34-13-4-6-15-36(34)43(37-16-7-5-14-35(37)42)39-24-22-32(27-44-39)31-23-25-41-38(26-31)33-12-8-9-17-40(33)45-41/h1-27H. The van der Waals surface area contributed by atoms with Gasteiger partial charge in [-0.05, 0) is 73.6 Å². The molecular weight excluding hydrogens is 563 g/mol. The Morgan fingerprint density at radius 3 is 1.51 bits per heavy atom. The van der Waals surface area contributed by atoms with Gasteiger partial charge in [-0.15, -0.1) is 11.3 Å². The van der Waals surface area contributed by atoms with Gasteiger partial charge in [-0.3, -0.25) is 4.98 Å². The number of pyridine rings is 1. The summed E-state index contributed by atoms with van der Waals surface area (Å²) in [6.07, 6.45) is 2.03. The Labute approximate surface area is 265 Å². The molecule has 1 nitrogen and oxygen atoms in total. The summed E-state index contributed by atoms with van der Waals surface area (Å²) in [7, 11) is 0. The Kier molecular flexibility index (Phi) is 6.07. The van der Waals surface area contributed by atoms with Crippen molar-refractivity contribution in [3.63, 3.8) is 0 Å². The number of rotatable bonds is 4. The lowest BCUT2D eigenvalue weighted by molar-refractivity contribution is 1.34. The van der Waals surface area contributed by atoms with Crippen LogP contribution in [0, 0.1) is 0 Å². The van der Waals surface area contributed by atoms with E-state index in [4.69, 9.17) is 4.98 Å². The molecule has 45 heavy (non-hydrogen) atoms. The van der Waals surface area contributed by atoms with Gasteiger partial charge in [0.05, 0.1) is 5.69 Å². The van der Waals surface area contributed by atoms with Gasteiger partial charge in [0.1, 0.15) is 0 Å². The summed E-state index contributed by atoms with van der Waals surface area (Å²) >= 11 is 1.85. The molecule has 2 heteroatoms. The Balaban J connectivity index is 1.18. The van der Waals surface area contributed by atoms with Crippen molar-refractivity contribution in [3.05, 3.63) is 164 Å². The van der Waals surface area contributed by atoms with Crippen molar-refractivity contribution in [2.75, 3.05) is 0 Å². The summed E-state index contributed by atoms with van der Waals surface area (Å²) in [5, 5.41) is 7.52. The number of hydrogen-bond acceptors (Lipinski definition) is 2. The molecule has 0 atom stereocenters. The lowest BCUT2D eigenvalue weighted by Gasteiger charge is -2.17. The smallest absolute Gasteiger partial charge is 0.0714 e. The molecule has 0 radical (unpaired) electrons. The Hall–Kier alpha value is -5.57. The second kappa shape index (κ2) is 10.6. The molecule has 0 bridgehead atoms. The summed E-state index contributed by atoms with van der Waals surface area (Å²) in [4.78, 5) is 5.11. The van der Waals surface area contributed by atoms with Crippen LogP contribution in [-0.2, 0) is 0 Å². The minimum absolute atomic E-state index is 0.985. The molecule has 0 N–H and O–H groups in total. The summed E-state index contributed by atoms with van der Waals surface area (Å²) < 4.78 is 2.64. The lowest BCUT2D eigenvalue weighted by Crippen LogP contribution is -1.92. The average molecular weight is 590 g/mol. The van der Waals surface area contributed by atoms with Gasteiger partial charge < -0.3 is 0 Å². The van der Waals surface area contributed by atoms with Gasteiger partial charge in [0.2, 0.25) is 0 Å². The highest BCUT2D eigenvalue weighted by atomic mass is 32.1. The first-order valence-electron chi connectivity index (χ1n) is 15.3. The summed E-state index contributed by atoms with van der Waals surface area (Å²) in [6.45, 7) is 0. The molecule has 210 valence electrons. The van der Waals surface area contributed by atoms with Crippen LogP contribution < -0.4 is 0 Å². The van der Waals surface area contributed by atoms with E-state index in [2.05, 4.69) is 158 Å². The molecule has 0 amide bonds. The van der Waals surface area contributed by atoms with Crippen LogP contribution in [0.2, 0.25) is 0 Å². The van der Waals surface area contributed by atoms with Crippen molar-refractivity contribution in [2.45, 2.75) is 0 Å². The molecule has 0 aliphatic rings. The molecule has 2 heterocycles. The Morgan fingerprint density at radius 1 is 0.333 bits per heavy atom. The van der Waals surface area contributed by atoms with Crippen molar-refractivity contribution >= 4 is 53.1 Å². The van der Waals surface area contributed by atoms with E-state index in [-0.39, 0.29) is 0 Å². The molecule has 0 saturated heterocycles. The highest BCUT2D eigenvalue weighted by molar-refractivity contribution is 7.25. The van der Waals surface area contributed by atoms with E-state index in [0.717, 1.165) is 11.3 Å². The van der Waals surface area contributed by atoms with Gasteiger partial charge in [0.25, 0.3) is 0 Å². The van der Waals surface area contributed by atoms with E-state index in [1.54, 1.807) is 0 Å². The quantitative estimate of drug-likeness (QED) is 0.186. The third kappa shape index (κ3) is 4.34.